The maximum atomic E-state index is 0. The zero-order chi connectivity index (χ0) is 0. The minimum absolute atomic E-state index is 0. The summed E-state index contributed by atoms with van der Waals surface area (Å²) < 4.78 is 0. The SMILES string of the molecule is [Ar].[He].[Ne].[Xe]. The van der Waals surface area contributed by atoms with Gasteiger partial charge in [-0.15, -0.1) is 0 Å². The molecule has 0 aromatic rings. The minimum atomic E-state index is 0. The van der Waals surface area contributed by atoms with E-state index < -0.39 is 0 Å². The van der Waals surface area contributed by atoms with Crippen LogP contribution in [-0.2, 0) is 0 Å². The van der Waals surface area contributed by atoms with Crippen molar-refractivity contribution in [1.82, 2.24) is 0 Å². The summed E-state index contributed by atoms with van der Waals surface area (Å²) >= 11 is 0. The van der Waals surface area contributed by atoms with Gasteiger partial charge in [0, 0.05) is 98.9 Å². The van der Waals surface area contributed by atoms with Gasteiger partial charge in [0.2, 0.25) is 0 Å². The molecule has 0 atom stereocenters. The van der Waals surface area contributed by atoms with Crippen LogP contribution < -0.4 is 0 Å². The summed E-state index contributed by atoms with van der Waals surface area (Å²) in [6.07, 6.45) is 0. The third-order valence-electron chi connectivity index (χ3n) is 0. The smallest absolute Gasteiger partial charge is 0 e. The van der Waals surface area contributed by atoms with Crippen molar-refractivity contribution in [3.8, 4) is 0 Å². The van der Waals surface area contributed by atoms with Gasteiger partial charge in [0.15, 0.2) is 0 Å². The molecule has 0 spiro atoms. The molecule has 4 heteroatoms. The van der Waals surface area contributed by atoms with Crippen LogP contribution in [0.5, 0.6) is 0 Å². The van der Waals surface area contributed by atoms with Crippen molar-refractivity contribution in [2.75, 3.05) is 0 Å². The molecule has 0 N–H and O–H groups in total. The van der Waals surface area contributed by atoms with Crippen molar-refractivity contribution >= 4 is 0 Å². The van der Waals surface area contributed by atoms with Gasteiger partial charge in [-0.3, -0.25) is 0 Å². The molecule has 0 saturated carbocycles. The first-order valence-electron chi connectivity index (χ1n) is 0. The van der Waals surface area contributed by atoms with Crippen LogP contribution in [0.2, 0.25) is 0 Å². The Bertz CT molecular complexity index is 8.00. The van der Waals surface area contributed by atoms with Gasteiger partial charge in [0.25, 0.3) is 0 Å². The third-order valence-corrected chi connectivity index (χ3v) is 0. The van der Waals surface area contributed by atoms with Crippen LogP contribution in [0.4, 0.5) is 0 Å². The predicted octanol–water partition coefficient (Wildman–Crippen LogP) is 0. The summed E-state index contributed by atoms with van der Waals surface area (Å²) in [5, 5.41) is 0. The second-order valence-electron chi connectivity index (χ2n) is 0. The summed E-state index contributed by atoms with van der Waals surface area (Å²) in [4.78, 5) is 0. The zero-order valence-corrected chi connectivity index (χ0v) is 4.49. The molecular formula is ArHeNeXe. The Labute approximate surface area is 96.3 Å². The van der Waals surface area contributed by atoms with E-state index >= 15 is 0 Å². The molecule has 0 unspecified atom stereocenters. The standard InChI is InChI=1S/Ar.He.Ne.Xe. The van der Waals surface area contributed by atoms with Crippen LogP contribution in [0.25, 0.3) is 0 Å². The number of rotatable bonds is 0. The van der Waals surface area contributed by atoms with Crippen molar-refractivity contribution < 1.29 is 98.9 Å². The Kier molecular flexibility index (Phi) is 132. The van der Waals surface area contributed by atoms with Crippen LogP contribution in [-0.4, -0.2) is 0 Å². The van der Waals surface area contributed by atoms with Crippen LogP contribution in [0.3, 0.4) is 0 Å². The second kappa shape index (κ2) is 17.4. The molecule has 0 fully saturated rings. The molecule has 0 nitrogen and oxygen atoms in total. The first kappa shape index (κ1) is 30.2. The molecule has 0 aromatic heterocycles. The fourth-order valence-electron chi connectivity index (χ4n) is 0. The van der Waals surface area contributed by atoms with E-state index in [1.54, 1.807) is 0 Å². The second-order valence-corrected chi connectivity index (χ2v) is 0. The topological polar surface area (TPSA) is 0 Å². The predicted molar refractivity (Wildman–Crippen MR) is 0 cm³/mol. The Morgan fingerprint density at radius 3 is 1.00 bits per heavy atom. The Morgan fingerprint density at radius 2 is 1.00 bits per heavy atom. The fraction of sp³-hybridized carbons (Fsp3) is 0. The van der Waals surface area contributed by atoms with Crippen molar-refractivity contribution in [3.05, 3.63) is 0 Å². The van der Waals surface area contributed by atoms with Crippen LogP contribution >= 0.6 is 0 Å². The van der Waals surface area contributed by atoms with E-state index in [-0.39, 0.29) is 98.9 Å². The molecule has 0 saturated heterocycles. The number of hydrogen-bond donors (Lipinski definition) is 0. The largest absolute Gasteiger partial charge is 0 e. The van der Waals surface area contributed by atoms with E-state index in [4.69, 9.17) is 0 Å². The molecule has 0 bridgehead atoms. The summed E-state index contributed by atoms with van der Waals surface area (Å²) in [6, 6.07) is 0. The minimum Gasteiger partial charge on any atom is 0 e. The summed E-state index contributed by atoms with van der Waals surface area (Å²) in [5.41, 5.74) is 0. The Balaban J connectivity index is 0. The molecule has 0 aliphatic rings. The van der Waals surface area contributed by atoms with Crippen molar-refractivity contribution in [2.45, 2.75) is 0 Å². The van der Waals surface area contributed by atoms with Gasteiger partial charge in [0.1, 0.15) is 0 Å². The fourth-order valence-corrected chi connectivity index (χ4v) is 0. The molecule has 0 rings (SSSR count). The van der Waals surface area contributed by atoms with E-state index in [0.717, 1.165) is 0 Å². The van der Waals surface area contributed by atoms with Gasteiger partial charge in [-0.05, 0) is 0 Å². The molecule has 0 radical (unpaired) electrons. The van der Waals surface area contributed by atoms with E-state index in [2.05, 4.69) is 0 Å². The maximum Gasteiger partial charge on any atom is 0 e. The first-order chi connectivity index (χ1) is 0. The molecule has 0 heterocycles. The van der Waals surface area contributed by atoms with E-state index in [0.29, 0.717) is 0 Å². The summed E-state index contributed by atoms with van der Waals surface area (Å²) in [5.74, 6) is 0. The van der Waals surface area contributed by atoms with Gasteiger partial charge in [-0.2, -0.15) is 0 Å². The molecule has 0 aliphatic heterocycles. The molecule has 26 valence electrons. The maximum absolute atomic E-state index is 0. The van der Waals surface area contributed by atoms with Crippen molar-refractivity contribution in [3.63, 3.8) is 0 Å². The quantitative estimate of drug-likeness (QED) is 0.510. The monoisotopic (exact) mass is 196 g/mol. The van der Waals surface area contributed by atoms with Crippen LogP contribution in [0.15, 0.2) is 0 Å². The Morgan fingerprint density at radius 1 is 1.00 bits per heavy atom. The van der Waals surface area contributed by atoms with E-state index in [1.165, 1.54) is 0 Å². The molecule has 0 aromatic carbocycles. The van der Waals surface area contributed by atoms with E-state index in [9.17, 15) is 0 Å². The molecule has 0 aliphatic carbocycles. The van der Waals surface area contributed by atoms with Crippen LogP contribution in [0, 0.1) is 98.9 Å². The number of hydrogen-bond acceptors (Lipinski definition) is 0. The van der Waals surface area contributed by atoms with Gasteiger partial charge in [0.05, 0.1) is 0 Å². The average Bonchev–Trinajstić information content (AvgIpc) is 0. The molecular weight excluding hydrogens is 195 g/mol. The summed E-state index contributed by atoms with van der Waals surface area (Å²) in [7, 11) is 0. The van der Waals surface area contributed by atoms with Crippen molar-refractivity contribution in [1.29, 1.82) is 0 Å². The van der Waals surface area contributed by atoms with Gasteiger partial charge >= 0.3 is 0 Å². The van der Waals surface area contributed by atoms with Crippen LogP contribution in [0.1, 0.15) is 0 Å². The van der Waals surface area contributed by atoms with Gasteiger partial charge in [-0.1, -0.05) is 0 Å². The first-order valence-corrected chi connectivity index (χ1v) is 0. The molecule has 4 heavy (non-hydrogen) atoms. The van der Waals surface area contributed by atoms with Gasteiger partial charge < -0.3 is 0 Å². The normalized spacial score (nSPS) is 0. The molecule has 0 amide bonds. The van der Waals surface area contributed by atoms with Crippen molar-refractivity contribution in [2.24, 2.45) is 0 Å². The third kappa shape index (κ3) is 8.82. The Hall–Kier alpha value is 2.65. The summed E-state index contributed by atoms with van der Waals surface area (Å²) in [6.45, 7) is 0. The zero-order valence-electron chi connectivity index (χ0n) is 1.77. The average molecular weight is 195 g/mol. The van der Waals surface area contributed by atoms with E-state index in [1.807, 2.05) is 0 Å². The van der Waals surface area contributed by atoms with Gasteiger partial charge in [-0.25, -0.2) is 0 Å².